The summed E-state index contributed by atoms with van der Waals surface area (Å²) in [5.41, 5.74) is 1.66. The highest BCUT2D eigenvalue weighted by atomic mass is 16.4. The third-order valence-corrected chi connectivity index (χ3v) is 2.77. The molecule has 0 aliphatic heterocycles. The van der Waals surface area contributed by atoms with Crippen LogP contribution in [0.15, 0.2) is 72.5 Å². The summed E-state index contributed by atoms with van der Waals surface area (Å²) in [4.78, 5) is 11.9. The van der Waals surface area contributed by atoms with E-state index in [0.29, 0.717) is 13.2 Å². The van der Waals surface area contributed by atoms with Crippen LogP contribution in [0.3, 0.4) is 0 Å². The van der Waals surface area contributed by atoms with Crippen LogP contribution in [-0.2, 0) is 9.45 Å². The standard InChI is InChI=1S/C20H15BO2/c1-21-23-20(15-13-18-10-6-3-7-11-18)16-19(22)14-12-17-8-4-2-5-9-17/h2-11,16,21H,1H3/b20-16-. The molecular formula is C20H15BO2. The number of ketones is 1. The lowest BCUT2D eigenvalue weighted by Gasteiger charge is -1.99. The van der Waals surface area contributed by atoms with Crippen molar-refractivity contribution < 1.29 is 9.45 Å². The Labute approximate surface area is 137 Å². The van der Waals surface area contributed by atoms with E-state index < -0.39 is 0 Å². The van der Waals surface area contributed by atoms with Crippen molar-refractivity contribution in [1.29, 1.82) is 0 Å². The minimum atomic E-state index is -0.334. The van der Waals surface area contributed by atoms with Crippen molar-refractivity contribution in [1.82, 2.24) is 0 Å². The largest absolute Gasteiger partial charge is 0.559 e. The van der Waals surface area contributed by atoms with Gasteiger partial charge >= 0.3 is 7.48 Å². The van der Waals surface area contributed by atoms with Gasteiger partial charge in [-0.3, -0.25) is 4.79 Å². The maximum absolute atomic E-state index is 11.9. The monoisotopic (exact) mass is 298 g/mol. The molecule has 3 heteroatoms. The number of allylic oxidation sites excluding steroid dienone is 2. The predicted molar refractivity (Wildman–Crippen MR) is 93.8 cm³/mol. The summed E-state index contributed by atoms with van der Waals surface area (Å²) in [5, 5.41) is 0. The molecule has 110 valence electrons. The van der Waals surface area contributed by atoms with Gasteiger partial charge in [-0.25, -0.2) is 0 Å². The van der Waals surface area contributed by atoms with Crippen molar-refractivity contribution in [2.75, 3.05) is 0 Å². The highest BCUT2D eigenvalue weighted by Gasteiger charge is 1.98. The molecule has 0 heterocycles. The Balaban J connectivity index is 2.14. The molecule has 23 heavy (non-hydrogen) atoms. The van der Waals surface area contributed by atoms with Gasteiger partial charge in [-0.1, -0.05) is 55.1 Å². The van der Waals surface area contributed by atoms with Crippen molar-refractivity contribution in [2.24, 2.45) is 0 Å². The van der Waals surface area contributed by atoms with Crippen molar-refractivity contribution >= 4 is 13.3 Å². The van der Waals surface area contributed by atoms with Crippen LogP contribution in [0.2, 0.25) is 6.82 Å². The van der Waals surface area contributed by atoms with E-state index in [1.165, 1.54) is 6.08 Å². The van der Waals surface area contributed by atoms with E-state index in [-0.39, 0.29) is 5.78 Å². The number of rotatable bonds is 3. The van der Waals surface area contributed by atoms with Gasteiger partial charge in [-0.2, -0.15) is 0 Å². The van der Waals surface area contributed by atoms with Crippen molar-refractivity contribution in [3.8, 4) is 23.7 Å². The molecule has 0 aliphatic carbocycles. The minimum Gasteiger partial charge on any atom is -0.559 e. The zero-order valence-electron chi connectivity index (χ0n) is 12.9. The van der Waals surface area contributed by atoms with Crippen LogP contribution >= 0.6 is 0 Å². The van der Waals surface area contributed by atoms with Crippen LogP contribution in [0.4, 0.5) is 0 Å². The Kier molecular flexibility index (Phi) is 6.33. The van der Waals surface area contributed by atoms with E-state index >= 15 is 0 Å². The number of hydrogen-bond acceptors (Lipinski definition) is 2. The second-order valence-electron chi connectivity index (χ2n) is 4.54. The Morgan fingerprint density at radius 3 is 1.96 bits per heavy atom. The maximum Gasteiger partial charge on any atom is 0.337 e. The van der Waals surface area contributed by atoms with Gasteiger partial charge in [0.15, 0.2) is 5.76 Å². The molecule has 0 N–H and O–H groups in total. The molecule has 2 rings (SSSR count). The molecule has 0 spiro atoms. The highest BCUT2D eigenvalue weighted by molar-refractivity contribution is 6.25. The van der Waals surface area contributed by atoms with E-state index in [2.05, 4.69) is 23.7 Å². The Bertz CT molecular complexity index is 801. The molecule has 0 saturated heterocycles. The molecule has 0 fully saturated rings. The van der Waals surface area contributed by atoms with Gasteiger partial charge in [0, 0.05) is 17.2 Å². The van der Waals surface area contributed by atoms with E-state index in [4.69, 9.17) is 4.65 Å². The predicted octanol–water partition coefficient (Wildman–Crippen LogP) is 2.96. The van der Waals surface area contributed by atoms with E-state index in [1.54, 1.807) is 0 Å². The molecule has 0 amide bonds. The van der Waals surface area contributed by atoms with E-state index in [1.807, 2.05) is 67.5 Å². The second kappa shape index (κ2) is 8.98. The number of carbonyl (C=O) groups excluding carboxylic acids is 1. The summed E-state index contributed by atoms with van der Waals surface area (Å²) in [6.07, 6.45) is 1.33. The molecule has 0 bridgehead atoms. The molecule has 2 nitrogen and oxygen atoms in total. The summed E-state index contributed by atoms with van der Waals surface area (Å²) in [6, 6.07) is 18.9. The van der Waals surface area contributed by atoms with Gasteiger partial charge in [0.1, 0.15) is 0 Å². The number of hydrogen-bond donors (Lipinski definition) is 0. The fourth-order valence-corrected chi connectivity index (χ4v) is 1.73. The summed E-state index contributed by atoms with van der Waals surface area (Å²) in [5.74, 6) is 11.2. The van der Waals surface area contributed by atoms with E-state index in [0.717, 1.165) is 11.1 Å². The lowest BCUT2D eigenvalue weighted by molar-refractivity contribution is -0.109. The summed E-state index contributed by atoms with van der Waals surface area (Å²) < 4.78 is 5.39. The molecule has 0 radical (unpaired) electrons. The smallest absolute Gasteiger partial charge is 0.337 e. The minimum absolute atomic E-state index is 0.323. The second-order valence-corrected chi connectivity index (χ2v) is 4.54. The SMILES string of the molecule is CBO/C(C#Cc1ccccc1)=C\C(=O)C#Cc1ccccc1. The third kappa shape index (κ3) is 6.00. The van der Waals surface area contributed by atoms with E-state index in [9.17, 15) is 4.79 Å². The molecule has 0 saturated carbocycles. The molecule has 0 aromatic heterocycles. The molecule has 0 aliphatic rings. The van der Waals surface area contributed by atoms with Gasteiger partial charge < -0.3 is 4.65 Å². The lowest BCUT2D eigenvalue weighted by Crippen LogP contribution is -1.97. The third-order valence-electron chi connectivity index (χ3n) is 2.77. The van der Waals surface area contributed by atoms with Gasteiger partial charge in [-0.15, -0.1) is 0 Å². The lowest BCUT2D eigenvalue weighted by atomic mass is 10.1. The first-order valence-corrected chi connectivity index (χ1v) is 7.30. The topological polar surface area (TPSA) is 26.3 Å². The molecule has 0 atom stereocenters. The fourth-order valence-electron chi connectivity index (χ4n) is 1.73. The first-order chi connectivity index (χ1) is 11.3. The van der Waals surface area contributed by atoms with Crippen LogP contribution in [0.1, 0.15) is 11.1 Å². The molecule has 0 unspecified atom stereocenters. The number of carbonyl (C=O) groups is 1. The van der Waals surface area contributed by atoms with Crippen molar-refractivity contribution in [2.45, 2.75) is 6.82 Å². The normalized spacial score (nSPS) is 9.70. The maximum atomic E-state index is 11.9. The molecule has 2 aromatic rings. The van der Waals surface area contributed by atoms with Gasteiger partial charge in [0.25, 0.3) is 0 Å². The van der Waals surface area contributed by atoms with Crippen LogP contribution in [0.5, 0.6) is 0 Å². The quantitative estimate of drug-likeness (QED) is 0.377. The summed E-state index contributed by atoms with van der Waals surface area (Å²) in [6.45, 7) is 1.85. The molecular weight excluding hydrogens is 283 g/mol. The van der Waals surface area contributed by atoms with Gasteiger partial charge in [-0.05, 0) is 36.1 Å². The van der Waals surface area contributed by atoms with Crippen LogP contribution in [-0.4, -0.2) is 13.3 Å². The average Bonchev–Trinajstić information content (AvgIpc) is 2.60. The first kappa shape index (κ1) is 16.2. The Morgan fingerprint density at radius 2 is 1.43 bits per heavy atom. The average molecular weight is 298 g/mol. The van der Waals surface area contributed by atoms with Crippen LogP contribution < -0.4 is 0 Å². The van der Waals surface area contributed by atoms with Crippen molar-refractivity contribution in [3.05, 3.63) is 83.6 Å². The first-order valence-electron chi connectivity index (χ1n) is 7.30. The molecule has 2 aromatic carbocycles. The highest BCUT2D eigenvalue weighted by Crippen LogP contribution is 2.00. The summed E-state index contributed by atoms with van der Waals surface area (Å²) in [7, 11) is 0.439. The Morgan fingerprint density at radius 1 is 0.913 bits per heavy atom. The van der Waals surface area contributed by atoms with Gasteiger partial charge in [0.05, 0.1) is 0 Å². The number of benzene rings is 2. The van der Waals surface area contributed by atoms with Gasteiger partial charge in [0.2, 0.25) is 5.78 Å². The van der Waals surface area contributed by atoms with Crippen molar-refractivity contribution in [3.63, 3.8) is 0 Å². The Hall–Kier alpha value is -3.17. The van der Waals surface area contributed by atoms with Crippen LogP contribution in [0.25, 0.3) is 0 Å². The zero-order chi connectivity index (χ0) is 16.3. The van der Waals surface area contributed by atoms with Crippen LogP contribution in [0, 0.1) is 23.7 Å². The zero-order valence-corrected chi connectivity index (χ0v) is 12.9. The fraction of sp³-hybridized carbons (Fsp3) is 0.0500. The summed E-state index contributed by atoms with van der Waals surface area (Å²) >= 11 is 0.